The van der Waals surface area contributed by atoms with Crippen LogP contribution < -0.4 is 14.2 Å². The lowest BCUT2D eigenvalue weighted by Gasteiger charge is -2.15. The number of Topliss-reactive ketones (excluding diaryl/α,β-unsaturated/α-hetero) is 1. The van der Waals surface area contributed by atoms with Crippen molar-refractivity contribution in [3.05, 3.63) is 17.7 Å². The van der Waals surface area contributed by atoms with E-state index in [1.54, 1.807) is 21.3 Å². The third-order valence-electron chi connectivity index (χ3n) is 3.64. The van der Waals surface area contributed by atoms with Gasteiger partial charge in [0.05, 0.1) is 21.3 Å². The Morgan fingerprint density at radius 2 is 1.74 bits per heavy atom. The molecule has 1 unspecified atom stereocenters. The topological polar surface area (TPSA) is 44.8 Å². The molecule has 1 aliphatic rings. The van der Waals surface area contributed by atoms with E-state index in [2.05, 4.69) is 0 Å². The molecule has 0 saturated heterocycles. The zero-order chi connectivity index (χ0) is 13.8. The van der Waals surface area contributed by atoms with Crippen LogP contribution in [0.25, 0.3) is 0 Å². The first-order valence-corrected chi connectivity index (χ1v) is 6.51. The smallest absolute Gasteiger partial charge is 0.203 e. The Balaban J connectivity index is 2.28. The Hall–Kier alpha value is -1.71. The molecule has 0 radical (unpaired) electrons. The van der Waals surface area contributed by atoms with Crippen LogP contribution in [0.15, 0.2) is 12.1 Å². The molecule has 0 aromatic heterocycles. The van der Waals surface area contributed by atoms with E-state index < -0.39 is 0 Å². The highest BCUT2D eigenvalue weighted by Gasteiger charge is 2.25. The van der Waals surface area contributed by atoms with Gasteiger partial charge in [-0.05, 0) is 37.0 Å². The van der Waals surface area contributed by atoms with Crippen molar-refractivity contribution in [3.8, 4) is 17.2 Å². The zero-order valence-corrected chi connectivity index (χ0v) is 11.7. The quantitative estimate of drug-likeness (QED) is 0.820. The molecule has 0 aliphatic heterocycles. The first-order chi connectivity index (χ1) is 9.19. The highest BCUT2D eigenvalue weighted by atomic mass is 16.5. The lowest BCUT2D eigenvalue weighted by atomic mass is 9.96. The maximum absolute atomic E-state index is 11.7. The molecule has 1 fully saturated rings. The molecular formula is C15H20O4. The van der Waals surface area contributed by atoms with E-state index >= 15 is 0 Å². The maximum atomic E-state index is 11.7. The minimum absolute atomic E-state index is 0.141. The van der Waals surface area contributed by atoms with Gasteiger partial charge < -0.3 is 14.2 Å². The second-order valence-electron chi connectivity index (χ2n) is 4.79. The molecule has 1 aliphatic carbocycles. The molecule has 104 valence electrons. The number of benzene rings is 1. The number of rotatable bonds is 5. The van der Waals surface area contributed by atoms with E-state index in [1.165, 1.54) is 0 Å². The number of methoxy groups -OCH3 is 3. The van der Waals surface area contributed by atoms with Gasteiger partial charge in [0.1, 0.15) is 5.78 Å². The summed E-state index contributed by atoms with van der Waals surface area (Å²) in [5, 5.41) is 0. The molecule has 0 heterocycles. The Bertz CT molecular complexity index is 442. The molecular weight excluding hydrogens is 244 g/mol. The Labute approximate surface area is 113 Å². The average molecular weight is 264 g/mol. The molecule has 1 aromatic carbocycles. The van der Waals surface area contributed by atoms with Gasteiger partial charge in [0, 0.05) is 12.3 Å². The number of hydrogen-bond acceptors (Lipinski definition) is 4. The second-order valence-corrected chi connectivity index (χ2v) is 4.79. The number of ether oxygens (including phenoxy) is 3. The maximum Gasteiger partial charge on any atom is 0.203 e. The van der Waals surface area contributed by atoms with Crippen LogP contribution >= 0.6 is 0 Å². The summed E-state index contributed by atoms with van der Waals surface area (Å²) in [6, 6.07) is 3.85. The van der Waals surface area contributed by atoms with Crippen molar-refractivity contribution in [3.63, 3.8) is 0 Å². The van der Waals surface area contributed by atoms with Gasteiger partial charge in [-0.2, -0.15) is 0 Å². The Morgan fingerprint density at radius 3 is 2.16 bits per heavy atom. The van der Waals surface area contributed by atoms with Crippen LogP contribution in [0.4, 0.5) is 0 Å². The van der Waals surface area contributed by atoms with Gasteiger partial charge in [0.2, 0.25) is 5.75 Å². The second kappa shape index (κ2) is 5.95. The van der Waals surface area contributed by atoms with E-state index in [-0.39, 0.29) is 5.92 Å². The molecule has 2 rings (SSSR count). The predicted octanol–water partition coefficient (Wildman–Crippen LogP) is 2.62. The number of ketones is 1. The highest BCUT2D eigenvalue weighted by Crippen LogP contribution is 2.39. The van der Waals surface area contributed by atoms with Gasteiger partial charge in [0.25, 0.3) is 0 Å². The SMILES string of the molecule is COc1cc(CC2CCCC2=O)cc(OC)c1OC. The van der Waals surface area contributed by atoms with Crippen molar-refractivity contribution in [2.24, 2.45) is 5.92 Å². The van der Waals surface area contributed by atoms with Gasteiger partial charge in [-0.25, -0.2) is 0 Å². The van der Waals surface area contributed by atoms with E-state index in [0.29, 0.717) is 23.0 Å². The normalized spacial score (nSPS) is 18.5. The summed E-state index contributed by atoms with van der Waals surface area (Å²) in [7, 11) is 4.78. The molecule has 1 aromatic rings. The first-order valence-electron chi connectivity index (χ1n) is 6.51. The Kier molecular flexibility index (Phi) is 4.30. The van der Waals surface area contributed by atoms with Gasteiger partial charge in [0.15, 0.2) is 11.5 Å². The van der Waals surface area contributed by atoms with Crippen molar-refractivity contribution in [2.45, 2.75) is 25.7 Å². The summed E-state index contributed by atoms with van der Waals surface area (Å²) < 4.78 is 15.9. The van der Waals surface area contributed by atoms with Gasteiger partial charge in [-0.15, -0.1) is 0 Å². The molecule has 0 bridgehead atoms. The van der Waals surface area contributed by atoms with E-state index in [0.717, 1.165) is 31.2 Å². The van der Waals surface area contributed by atoms with Crippen LogP contribution in [0.2, 0.25) is 0 Å². The fourth-order valence-electron chi connectivity index (χ4n) is 2.64. The monoisotopic (exact) mass is 264 g/mol. The highest BCUT2D eigenvalue weighted by molar-refractivity contribution is 5.83. The zero-order valence-electron chi connectivity index (χ0n) is 11.7. The van der Waals surface area contributed by atoms with Crippen LogP contribution in [0.5, 0.6) is 17.2 Å². The van der Waals surface area contributed by atoms with Crippen LogP contribution in [0.3, 0.4) is 0 Å². The van der Waals surface area contributed by atoms with Crippen molar-refractivity contribution in [1.29, 1.82) is 0 Å². The minimum Gasteiger partial charge on any atom is -0.493 e. The summed E-state index contributed by atoms with van der Waals surface area (Å²) in [5.41, 5.74) is 1.05. The summed E-state index contributed by atoms with van der Waals surface area (Å²) in [4.78, 5) is 11.7. The van der Waals surface area contributed by atoms with Crippen molar-refractivity contribution < 1.29 is 19.0 Å². The average Bonchev–Trinajstić information content (AvgIpc) is 2.83. The fourth-order valence-corrected chi connectivity index (χ4v) is 2.64. The van der Waals surface area contributed by atoms with Crippen molar-refractivity contribution in [1.82, 2.24) is 0 Å². The standard InChI is InChI=1S/C15H20O4/c1-17-13-8-10(7-11-5-4-6-12(11)16)9-14(18-2)15(13)19-3/h8-9,11H,4-7H2,1-3H3. The van der Waals surface area contributed by atoms with Gasteiger partial charge in [-0.1, -0.05) is 0 Å². The third-order valence-corrected chi connectivity index (χ3v) is 3.64. The van der Waals surface area contributed by atoms with Crippen molar-refractivity contribution in [2.75, 3.05) is 21.3 Å². The first kappa shape index (κ1) is 13.7. The molecule has 1 saturated carbocycles. The Morgan fingerprint density at radius 1 is 1.11 bits per heavy atom. The molecule has 0 spiro atoms. The predicted molar refractivity (Wildman–Crippen MR) is 72.2 cm³/mol. The molecule has 0 N–H and O–H groups in total. The summed E-state index contributed by atoms with van der Waals surface area (Å²) in [6.07, 6.45) is 3.45. The number of carbonyl (C=O) groups excluding carboxylic acids is 1. The van der Waals surface area contributed by atoms with Crippen LogP contribution in [-0.4, -0.2) is 27.1 Å². The fraction of sp³-hybridized carbons (Fsp3) is 0.533. The van der Waals surface area contributed by atoms with Gasteiger partial charge >= 0.3 is 0 Å². The van der Waals surface area contributed by atoms with E-state index in [9.17, 15) is 4.79 Å². The molecule has 19 heavy (non-hydrogen) atoms. The molecule has 4 heteroatoms. The van der Waals surface area contributed by atoms with Gasteiger partial charge in [-0.3, -0.25) is 4.79 Å². The number of hydrogen-bond donors (Lipinski definition) is 0. The third kappa shape index (κ3) is 2.83. The van der Waals surface area contributed by atoms with Crippen LogP contribution in [-0.2, 0) is 11.2 Å². The lowest BCUT2D eigenvalue weighted by molar-refractivity contribution is -0.120. The molecule has 0 amide bonds. The van der Waals surface area contributed by atoms with Crippen LogP contribution in [0.1, 0.15) is 24.8 Å². The minimum atomic E-state index is 0.141. The van der Waals surface area contributed by atoms with E-state index in [4.69, 9.17) is 14.2 Å². The van der Waals surface area contributed by atoms with Crippen LogP contribution in [0, 0.1) is 5.92 Å². The lowest BCUT2D eigenvalue weighted by Crippen LogP contribution is -2.10. The molecule has 1 atom stereocenters. The summed E-state index contributed by atoms with van der Waals surface area (Å²) >= 11 is 0. The number of carbonyl (C=O) groups is 1. The summed E-state index contributed by atoms with van der Waals surface area (Å²) in [6.45, 7) is 0. The molecule has 4 nitrogen and oxygen atoms in total. The summed E-state index contributed by atoms with van der Waals surface area (Å²) in [5.74, 6) is 2.38. The largest absolute Gasteiger partial charge is 0.493 e. The van der Waals surface area contributed by atoms with Crippen molar-refractivity contribution >= 4 is 5.78 Å². The van der Waals surface area contributed by atoms with E-state index in [1.807, 2.05) is 12.1 Å².